The van der Waals surface area contributed by atoms with E-state index in [0.29, 0.717) is 40.6 Å². The molecule has 26 heavy (non-hydrogen) atoms. The van der Waals surface area contributed by atoms with Crippen molar-refractivity contribution in [1.29, 1.82) is 0 Å². The van der Waals surface area contributed by atoms with Crippen LogP contribution in [0.2, 0.25) is 10.0 Å². The predicted molar refractivity (Wildman–Crippen MR) is 103 cm³/mol. The molecule has 1 aromatic heterocycles. The monoisotopic (exact) mass is 395 g/mol. The number of halogens is 2. The molecule has 3 rings (SSSR count). The maximum Gasteiger partial charge on any atom is 0.291 e. The molecule has 1 fully saturated rings. The molecule has 1 aliphatic rings. The van der Waals surface area contributed by atoms with Crippen molar-refractivity contribution < 1.29 is 4.79 Å². The second kappa shape index (κ2) is 8.37. The van der Waals surface area contributed by atoms with Crippen molar-refractivity contribution in [2.45, 2.75) is 39.2 Å². The number of benzene rings is 1. The average molecular weight is 396 g/mol. The number of amides is 1. The highest BCUT2D eigenvalue weighted by Gasteiger charge is 2.25. The number of carbonyl (C=O) groups excluding carboxylic acids is 1. The van der Waals surface area contributed by atoms with Gasteiger partial charge in [0.05, 0.1) is 10.0 Å². The Labute approximate surface area is 163 Å². The number of likely N-dealkylation sites (tertiary alicyclic amines) is 1. The normalized spacial score (nSPS) is 17.6. The lowest BCUT2D eigenvalue weighted by atomic mass is 10.2. The van der Waals surface area contributed by atoms with Crippen molar-refractivity contribution in [3.8, 4) is 5.69 Å². The Morgan fingerprint density at radius 2 is 2.04 bits per heavy atom. The van der Waals surface area contributed by atoms with Gasteiger partial charge in [-0.15, -0.1) is 5.10 Å². The van der Waals surface area contributed by atoms with Crippen LogP contribution in [0, 0.1) is 0 Å². The first-order chi connectivity index (χ1) is 12.5. The first kappa shape index (κ1) is 19.1. The van der Waals surface area contributed by atoms with Gasteiger partial charge in [-0.05, 0) is 38.1 Å². The van der Waals surface area contributed by atoms with Gasteiger partial charge in [-0.1, -0.05) is 43.1 Å². The van der Waals surface area contributed by atoms with Gasteiger partial charge in [0, 0.05) is 19.0 Å². The third kappa shape index (κ3) is 3.87. The van der Waals surface area contributed by atoms with Gasteiger partial charge >= 0.3 is 0 Å². The maximum absolute atomic E-state index is 12.5. The predicted octanol–water partition coefficient (Wildman–Crippen LogP) is 3.35. The summed E-state index contributed by atoms with van der Waals surface area (Å²) in [6, 6.07) is 5.63. The second-order valence-corrected chi connectivity index (χ2v) is 7.14. The number of hydrogen-bond acceptors (Lipinski definition) is 4. The molecule has 8 heteroatoms. The molecular formula is C18H23Cl2N5O. The molecule has 1 N–H and O–H groups in total. The molecule has 2 aromatic rings. The first-order valence-corrected chi connectivity index (χ1v) is 9.73. The lowest BCUT2D eigenvalue weighted by Crippen LogP contribution is -2.40. The number of para-hydroxylation sites is 1. The van der Waals surface area contributed by atoms with Gasteiger partial charge in [0.1, 0.15) is 11.5 Å². The number of aromatic nitrogens is 3. The van der Waals surface area contributed by atoms with Crippen LogP contribution in [0.3, 0.4) is 0 Å². The molecule has 0 spiro atoms. The number of hydrogen-bond donors (Lipinski definition) is 1. The number of aryl methyl sites for hydroxylation is 1. The molecule has 1 aromatic carbocycles. The fourth-order valence-corrected chi connectivity index (χ4v) is 3.93. The molecule has 0 aliphatic carbocycles. The summed E-state index contributed by atoms with van der Waals surface area (Å²) in [7, 11) is 0. The summed E-state index contributed by atoms with van der Waals surface area (Å²) in [5.74, 6) is 0.504. The van der Waals surface area contributed by atoms with E-state index in [-0.39, 0.29) is 11.7 Å². The van der Waals surface area contributed by atoms with Crippen LogP contribution in [-0.4, -0.2) is 51.2 Å². The summed E-state index contributed by atoms with van der Waals surface area (Å²) >= 11 is 12.6. The van der Waals surface area contributed by atoms with Gasteiger partial charge in [0.15, 0.2) is 0 Å². The number of nitrogens with one attached hydrogen (secondary N) is 1. The summed E-state index contributed by atoms with van der Waals surface area (Å²) < 4.78 is 1.56. The molecule has 1 atom stereocenters. The van der Waals surface area contributed by atoms with Crippen LogP contribution in [0.5, 0.6) is 0 Å². The highest BCUT2D eigenvalue weighted by Crippen LogP contribution is 2.28. The largest absolute Gasteiger partial charge is 0.348 e. The van der Waals surface area contributed by atoms with E-state index in [1.54, 1.807) is 22.9 Å². The van der Waals surface area contributed by atoms with Crippen LogP contribution >= 0.6 is 23.2 Å². The van der Waals surface area contributed by atoms with Gasteiger partial charge in [-0.3, -0.25) is 9.69 Å². The van der Waals surface area contributed by atoms with Crippen LogP contribution in [0.1, 0.15) is 43.1 Å². The zero-order valence-corrected chi connectivity index (χ0v) is 16.5. The van der Waals surface area contributed by atoms with Gasteiger partial charge < -0.3 is 5.32 Å². The summed E-state index contributed by atoms with van der Waals surface area (Å²) in [5, 5.41) is 8.27. The van der Waals surface area contributed by atoms with Crippen molar-refractivity contribution >= 4 is 29.1 Å². The molecule has 1 aliphatic heterocycles. The fourth-order valence-electron chi connectivity index (χ4n) is 3.37. The van der Waals surface area contributed by atoms with E-state index in [4.69, 9.17) is 23.2 Å². The average Bonchev–Trinajstić information content (AvgIpc) is 3.26. The molecule has 6 nitrogen and oxygen atoms in total. The number of nitrogens with zero attached hydrogens (tertiary/aromatic N) is 4. The molecule has 1 unspecified atom stereocenters. The zero-order chi connectivity index (χ0) is 18.7. The SMILES string of the molecule is CCc1nc(C(=O)NCC2CCCN2CC)nn1-c1c(Cl)cccc1Cl. The summed E-state index contributed by atoms with van der Waals surface area (Å²) in [5.41, 5.74) is 0.548. The van der Waals surface area contributed by atoms with Crippen LogP contribution in [0.4, 0.5) is 0 Å². The lowest BCUT2D eigenvalue weighted by Gasteiger charge is -2.22. The highest BCUT2D eigenvalue weighted by atomic mass is 35.5. The van der Waals surface area contributed by atoms with E-state index in [1.807, 2.05) is 6.92 Å². The van der Waals surface area contributed by atoms with Crippen LogP contribution < -0.4 is 5.32 Å². The van der Waals surface area contributed by atoms with Gasteiger partial charge in [-0.25, -0.2) is 9.67 Å². The Balaban J connectivity index is 1.79. The van der Waals surface area contributed by atoms with E-state index in [2.05, 4.69) is 27.2 Å². The summed E-state index contributed by atoms with van der Waals surface area (Å²) in [6.07, 6.45) is 2.88. The Morgan fingerprint density at radius 3 is 2.69 bits per heavy atom. The standard InChI is InChI=1S/C18H23Cl2N5O/c1-3-15-22-17(18(26)21-11-12-7-6-10-24(12)4-2)23-25(15)16-13(19)8-5-9-14(16)20/h5,8-9,12H,3-4,6-7,10-11H2,1-2H3,(H,21,26). The van der Waals surface area contributed by atoms with Crippen molar-refractivity contribution in [3.05, 3.63) is 39.9 Å². The molecule has 2 heterocycles. The van der Waals surface area contributed by atoms with Gasteiger partial charge in [0.2, 0.25) is 5.82 Å². The van der Waals surface area contributed by atoms with E-state index in [0.717, 1.165) is 19.5 Å². The molecule has 0 bridgehead atoms. The minimum Gasteiger partial charge on any atom is -0.348 e. The molecule has 0 radical (unpaired) electrons. The van der Waals surface area contributed by atoms with Crippen molar-refractivity contribution in [2.75, 3.05) is 19.6 Å². The lowest BCUT2D eigenvalue weighted by molar-refractivity contribution is 0.0931. The Kier molecular flexibility index (Phi) is 6.16. The fraction of sp³-hybridized carbons (Fsp3) is 0.500. The second-order valence-electron chi connectivity index (χ2n) is 6.32. The van der Waals surface area contributed by atoms with Crippen molar-refractivity contribution in [3.63, 3.8) is 0 Å². The first-order valence-electron chi connectivity index (χ1n) is 8.97. The molecule has 1 saturated heterocycles. The van der Waals surface area contributed by atoms with E-state index < -0.39 is 0 Å². The minimum absolute atomic E-state index is 0.138. The quantitative estimate of drug-likeness (QED) is 0.814. The molecule has 140 valence electrons. The maximum atomic E-state index is 12.5. The topological polar surface area (TPSA) is 63.1 Å². The summed E-state index contributed by atoms with van der Waals surface area (Å²) in [6.45, 7) is 6.79. The smallest absolute Gasteiger partial charge is 0.291 e. The van der Waals surface area contributed by atoms with Crippen molar-refractivity contribution in [1.82, 2.24) is 25.0 Å². The van der Waals surface area contributed by atoms with E-state index in [9.17, 15) is 4.79 Å². The summed E-state index contributed by atoms with van der Waals surface area (Å²) in [4.78, 5) is 19.3. The minimum atomic E-state index is -0.274. The molecule has 1 amide bonds. The number of rotatable bonds is 6. The Morgan fingerprint density at radius 1 is 1.31 bits per heavy atom. The zero-order valence-electron chi connectivity index (χ0n) is 15.0. The third-order valence-electron chi connectivity index (χ3n) is 4.75. The van der Waals surface area contributed by atoms with Crippen LogP contribution in [0.25, 0.3) is 5.69 Å². The Hall–Kier alpha value is -1.63. The van der Waals surface area contributed by atoms with E-state index >= 15 is 0 Å². The number of carbonyl (C=O) groups is 1. The van der Waals surface area contributed by atoms with Gasteiger partial charge in [-0.2, -0.15) is 0 Å². The van der Waals surface area contributed by atoms with Crippen LogP contribution in [0.15, 0.2) is 18.2 Å². The Bertz CT molecular complexity index is 772. The third-order valence-corrected chi connectivity index (χ3v) is 5.36. The molecule has 0 saturated carbocycles. The van der Waals surface area contributed by atoms with Crippen LogP contribution in [-0.2, 0) is 6.42 Å². The number of likely N-dealkylation sites (N-methyl/N-ethyl adjacent to an activating group) is 1. The van der Waals surface area contributed by atoms with E-state index in [1.165, 1.54) is 6.42 Å². The van der Waals surface area contributed by atoms with Crippen molar-refractivity contribution in [2.24, 2.45) is 0 Å². The van der Waals surface area contributed by atoms with Gasteiger partial charge in [0.25, 0.3) is 5.91 Å². The molecular weight excluding hydrogens is 373 g/mol. The highest BCUT2D eigenvalue weighted by molar-refractivity contribution is 6.37.